The van der Waals surface area contributed by atoms with E-state index in [1.54, 1.807) is 25.3 Å². The van der Waals surface area contributed by atoms with Crippen LogP contribution < -0.4 is 0 Å². The van der Waals surface area contributed by atoms with E-state index >= 15 is 0 Å². The summed E-state index contributed by atoms with van der Waals surface area (Å²) in [4.78, 5) is 4.23. The van der Waals surface area contributed by atoms with Gasteiger partial charge in [0.1, 0.15) is 5.75 Å². The average molecular weight is 313 g/mol. The lowest BCUT2D eigenvalue weighted by Crippen LogP contribution is -2.09. The second-order valence-electron chi connectivity index (χ2n) is 3.93. The molecule has 0 spiro atoms. The first kappa shape index (κ1) is 13.0. The molecule has 0 saturated heterocycles. The van der Waals surface area contributed by atoms with Crippen LogP contribution in [0.2, 0.25) is 0 Å². The summed E-state index contributed by atoms with van der Waals surface area (Å²) in [7, 11) is 1.63. The maximum absolute atomic E-state index is 9.80. The number of benzene rings is 1. The Morgan fingerprint density at radius 3 is 2.94 bits per heavy atom. The lowest BCUT2D eigenvalue weighted by molar-refractivity contribution is 0.116. The summed E-state index contributed by atoms with van der Waals surface area (Å²) in [6.45, 7) is 1.92. The Labute approximate surface area is 113 Å². The minimum atomic E-state index is 0.0222. The minimum absolute atomic E-state index is 0.0222. The van der Waals surface area contributed by atoms with Gasteiger partial charge in [-0.3, -0.25) is 0 Å². The molecule has 96 valence electrons. The van der Waals surface area contributed by atoms with Gasteiger partial charge in [0, 0.05) is 18.0 Å². The molecule has 0 saturated carbocycles. The van der Waals surface area contributed by atoms with Gasteiger partial charge in [0.25, 0.3) is 5.89 Å². The van der Waals surface area contributed by atoms with Gasteiger partial charge in [0.05, 0.1) is 11.7 Å². The smallest absolute Gasteiger partial charge is 0.261 e. The van der Waals surface area contributed by atoms with E-state index in [0.717, 1.165) is 4.47 Å². The number of phenolic OH excluding ortho intramolecular Hbond substituents is 1. The third kappa shape index (κ3) is 2.88. The summed E-state index contributed by atoms with van der Waals surface area (Å²) in [6, 6.07) is 5.10. The fourth-order valence-corrected chi connectivity index (χ4v) is 1.82. The van der Waals surface area contributed by atoms with Gasteiger partial charge in [0.2, 0.25) is 0 Å². The number of phenols is 1. The first-order valence-corrected chi connectivity index (χ1v) is 6.23. The first-order valence-electron chi connectivity index (χ1n) is 5.44. The molecule has 1 N–H and O–H groups in total. The highest BCUT2D eigenvalue weighted by atomic mass is 79.9. The largest absolute Gasteiger partial charge is 0.507 e. The number of aromatic hydroxyl groups is 1. The molecule has 1 unspecified atom stereocenters. The Morgan fingerprint density at radius 1 is 1.50 bits per heavy atom. The summed E-state index contributed by atoms with van der Waals surface area (Å²) in [5.74, 6) is 0.958. The van der Waals surface area contributed by atoms with E-state index in [9.17, 15) is 5.11 Å². The molecule has 2 aromatic rings. The summed E-state index contributed by atoms with van der Waals surface area (Å²) in [5, 5.41) is 13.7. The summed E-state index contributed by atoms with van der Waals surface area (Å²) < 4.78 is 11.0. The highest BCUT2D eigenvalue weighted by Crippen LogP contribution is 2.30. The van der Waals surface area contributed by atoms with Crippen molar-refractivity contribution in [3.05, 3.63) is 28.5 Å². The number of hydrogen-bond donors (Lipinski definition) is 1. The van der Waals surface area contributed by atoms with E-state index in [0.29, 0.717) is 23.7 Å². The van der Waals surface area contributed by atoms with Crippen LogP contribution in [0, 0.1) is 0 Å². The molecule has 2 rings (SSSR count). The Hall–Kier alpha value is -1.40. The number of methoxy groups -OCH3 is 1. The van der Waals surface area contributed by atoms with Crippen LogP contribution in [0.5, 0.6) is 5.75 Å². The topological polar surface area (TPSA) is 68.4 Å². The Balaban J connectivity index is 2.24. The summed E-state index contributed by atoms with van der Waals surface area (Å²) in [6.07, 6.45) is 0.589. The maximum atomic E-state index is 9.80. The third-order valence-electron chi connectivity index (χ3n) is 2.53. The molecule has 0 bridgehead atoms. The van der Waals surface area contributed by atoms with E-state index in [2.05, 4.69) is 26.1 Å². The SMILES string of the molecule is COC(C)Cc1noc(-c2ccc(Br)cc2O)n1. The zero-order chi connectivity index (χ0) is 13.1. The van der Waals surface area contributed by atoms with Crippen molar-refractivity contribution in [2.75, 3.05) is 7.11 Å². The van der Waals surface area contributed by atoms with Gasteiger partial charge in [-0.2, -0.15) is 4.98 Å². The Morgan fingerprint density at radius 2 is 2.28 bits per heavy atom. The number of nitrogens with zero attached hydrogens (tertiary/aromatic N) is 2. The number of hydrogen-bond acceptors (Lipinski definition) is 5. The highest BCUT2D eigenvalue weighted by molar-refractivity contribution is 9.10. The van der Waals surface area contributed by atoms with Gasteiger partial charge >= 0.3 is 0 Å². The molecule has 18 heavy (non-hydrogen) atoms. The molecular formula is C12H13BrN2O3. The highest BCUT2D eigenvalue weighted by Gasteiger charge is 2.14. The Bertz CT molecular complexity index is 542. The second-order valence-corrected chi connectivity index (χ2v) is 4.84. The van der Waals surface area contributed by atoms with E-state index in [1.807, 2.05) is 6.92 Å². The number of halogens is 1. The zero-order valence-electron chi connectivity index (χ0n) is 10.1. The van der Waals surface area contributed by atoms with Crippen LogP contribution in [-0.4, -0.2) is 28.5 Å². The van der Waals surface area contributed by atoms with Crippen LogP contribution in [0.3, 0.4) is 0 Å². The van der Waals surface area contributed by atoms with Crippen molar-refractivity contribution in [2.45, 2.75) is 19.4 Å². The predicted octanol–water partition coefficient (Wildman–Crippen LogP) is 2.78. The minimum Gasteiger partial charge on any atom is -0.507 e. The molecule has 0 radical (unpaired) electrons. The van der Waals surface area contributed by atoms with Crippen molar-refractivity contribution >= 4 is 15.9 Å². The molecule has 1 aromatic carbocycles. The van der Waals surface area contributed by atoms with E-state index in [-0.39, 0.29) is 11.9 Å². The van der Waals surface area contributed by atoms with Gasteiger partial charge < -0.3 is 14.4 Å². The molecular weight excluding hydrogens is 300 g/mol. The number of rotatable bonds is 4. The lowest BCUT2D eigenvalue weighted by atomic mass is 10.2. The van der Waals surface area contributed by atoms with Crippen LogP contribution in [0.25, 0.3) is 11.5 Å². The van der Waals surface area contributed by atoms with Gasteiger partial charge in [0.15, 0.2) is 5.82 Å². The van der Waals surface area contributed by atoms with Crippen molar-refractivity contribution in [2.24, 2.45) is 0 Å². The van der Waals surface area contributed by atoms with Gasteiger partial charge in [-0.15, -0.1) is 0 Å². The van der Waals surface area contributed by atoms with Crippen molar-refractivity contribution in [3.8, 4) is 17.2 Å². The van der Waals surface area contributed by atoms with Crippen LogP contribution in [0.15, 0.2) is 27.2 Å². The lowest BCUT2D eigenvalue weighted by Gasteiger charge is -2.04. The molecule has 0 amide bonds. The monoisotopic (exact) mass is 312 g/mol. The van der Waals surface area contributed by atoms with Crippen molar-refractivity contribution < 1.29 is 14.4 Å². The number of aromatic nitrogens is 2. The fourth-order valence-electron chi connectivity index (χ4n) is 1.47. The van der Waals surface area contributed by atoms with Crippen molar-refractivity contribution in [3.63, 3.8) is 0 Å². The van der Waals surface area contributed by atoms with E-state index in [4.69, 9.17) is 9.26 Å². The molecule has 1 heterocycles. The van der Waals surface area contributed by atoms with Gasteiger partial charge in [-0.1, -0.05) is 21.1 Å². The molecule has 1 atom stereocenters. The van der Waals surface area contributed by atoms with E-state index < -0.39 is 0 Å². The third-order valence-corrected chi connectivity index (χ3v) is 3.02. The molecule has 0 aliphatic carbocycles. The second kappa shape index (κ2) is 5.49. The molecule has 0 aliphatic rings. The molecule has 0 fully saturated rings. The van der Waals surface area contributed by atoms with E-state index in [1.165, 1.54) is 0 Å². The van der Waals surface area contributed by atoms with Crippen LogP contribution in [-0.2, 0) is 11.2 Å². The zero-order valence-corrected chi connectivity index (χ0v) is 11.6. The predicted molar refractivity (Wildman–Crippen MR) is 69.3 cm³/mol. The average Bonchev–Trinajstić information content (AvgIpc) is 2.77. The van der Waals surface area contributed by atoms with Crippen molar-refractivity contribution in [1.82, 2.24) is 10.1 Å². The first-order chi connectivity index (χ1) is 8.60. The number of ether oxygens (including phenoxy) is 1. The Kier molecular flexibility index (Phi) is 3.98. The molecule has 5 nitrogen and oxygen atoms in total. The normalized spacial score (nSPS) is 12.6. The van der Waals surface area contributed by atoms with Crippen LogP contribution in [0.4, 0.5) is 0 Å². The van der Waals surface area contributed by atoms with Gasteiger partial charge in [-0.25, -0.2) is 0 Å². The quantitative estimate of drug-likeness (QED) is 0.940. The standard InChI is InChI=1S/C12H13BrN2O3/c1-7(17-2)5-11-14-12(18-15-11)9-4-3-8(13)6-10(9)16/h3-4,6-7,16H,5H2,1-2H3. The molecule has 1 aromatic heterocycles. The van der Waals surface area contributed by atoms with Gasteiger partial charge in [-0.05, 0) is 25.1 Å². The van der Waals surface area contributed by atoms with Crippen molar-refractivity contribution in [1.29, 1.82) is 0 Å². The van der Waals surface area contributed by atoms with Crippen LogP contribution in [0.1, 0.15) is 12.7 Å². The summed E-state index contributed by atoms with van der Waals surface area (Å²) >= 11 is 3.27. The maximum Gasteiger partial charge on any atom is 0.261 e. The summed E-state index contributed by atoms with van der Waals surface area (Å²) in [5.41, 5.74) is 0.516. The fraction of sp³-hybridized carbons (Fsp3) is 0.333. The molecule has 0 aliphatic heterocycles. The van der Waals surface area contributed by atoms with Crippen LogP contribution >= 0.6 is 15.9 Å². The molecule has 6 heteroatoms.